The molecule has 0 aromatic heterocycles. The van der Waals surface area contributed by atoms with Gasteiger partial charge < -0.3 is 10.4 Å². The SMILES string of the molecule is OC1(CNC2CCCC2)CCCc2ccccc21. The highest BCUT2D eigenvalue weighted by molar-refractivity contribution is 5.35. The fourth-order valence-corrected chi connectivity index (χ4v) is 3.52. The molecule has 1 unspecified atom stereocenters. The maximum Gasteiger partial charge on any atom is 0.102 e. The lowest BCUT2D eigenvalue weighted by Gasteiger charge is -2.35. The Bertz CT molecular complexity index is 411. The van der Waals surface area contributed by atoms with Gasteiger partial charge in [-0.05, 0) is 43.2 Å². The molecule has 3 rings (SSSR count). The van der Waals surface area contributed by atoms with Gasteiger partial charge in [-0.25, -0.2) is 0 Å². The van der Waals surface area contributed by atoms with Crippen LogP contribution in [0.1, 0.15) is 49.7 Å². The molecule has 2 nitrogen and oxygen atoms in total. The molecule has 1 fully saturated rings. The second-order valence-corrected chi connectivity index (χ2v) is 5.90. The van der Waals surface area contributed by atoms with E-state index >= 15 is 0 Å². The van der Waals surface area contributed by atoms with Gasteiger partial charge in [0.25, 0.3) is 0 Å². The van der Waals surface area contributed by atoms with Gasteiger partial charge in [-0.3, -0.25) is 0 Å². The van der Waals surface area contributed by atoms with Crippen LogP contribution in [0, 0.1) is 0 Å². The number of aryl methyl sites for hydroxylation is 1. The van der Waals surface area contributed by atoms with E-state index in [9.17, 15) is 5.11 Å². The van der Waals surface area contributed by atoms with Crippen LogP contribution in [0.4, 0.5) is 0 Å². The number of rotatable bonds is 3. The normalized spacial score (nSPS) is 28.3. The van der Waals surface area contributed by atoms with Crippen LogP contribution in [0.3, 0.4) is 0 Å². The molecule has 2 N–H and O–H groups in total. The predicted octanol–water partition coefficient (Wildman–Crippen LogP) is 2.74. The van der Waals surface area contributed by atoms with Gasteiger partial charge in [-0.1, -0.05) is 37.1 Å². The van der Waals surface area contributed by atoms with Crippen LogP contribution < -0.4 is 5.32 Å². The summed E-state index contributed by atoms with van der Waals surface area (Å²) in [5.41, 5.74) is 1.85. The van der Waals surface area contributed by atoms with E-state index in [0.29, 0.717) is 12.6 Å². The summed E-state index contributed by atoms with van der Waals surface area (Å²) in [6.07, 6.45) is 8.33. The van der Waals surface area contributed by atoms with Gasteiger partial charge in [0.05, 0.1) is 0 Å². The topological polar surface area (TPSA) is 32.3 Å². The second kappa shape index (κ2) is 5.02. The van der Waals surface area contributed by atoms with E-state index in [1.165, 1.54) is 31.2 Å². The van der Waals surface area contributed by atoms with Gasteiger partial charge in [0, 0.05) is 12.6 Å². The van der Waals surface area contributed by atoms with Crippen molar-refractivity contribution in [3.63, 3.8) is 0 Å². The van der Waals surface area contributed by atoms with Crippen LogP contribution in [0.2, 0.25) is 0 Å². The molecule has 98 valence electrons. The Hall–Kier alpha value is -0.860. The molecular formula is C16H23NO. The van der Waals surface area contributed by atoms with E-state index < -0.39 is 5.60 Å². The molecule has 0 saturated heterocycles. The van der Waals surface area contributed by atoms with E-state index in [1.54, 1.807) is 0 Å². The van der Waals surface area contributed by atoms with E-state index in [0.717, 1.165) is 24.8 Å². The Morgan fingerprint density at radius 2 is 1.94 bits per heavy atom. The Balaban J connectivity index is 1.73. The quantitative estimate of drug-likeness (QED) is 0.858. The monoisotopic (exact) mass is 245 g/mol. The third-order valence-electron chi connectivity index (χ3n) is 4.59. The van der Waals surface area contributed by atoms with Gasteiger partial charge in [-0.2, -0.15) is 0 Å². The first kappa shape index (κ1) is 12.2. The van der Waals surface area contributed by atoms with Crippen molar-refractivity contribution in [2.75, 3.05) is 6.54 Å². The minimum absolute atomic E-state index is 0.628. The summed E-state index contributed by atoms with van der Waals surface area (Å²) in [6, 6.07) is 9.02. The molecule has 2 aliphatic carbocycles. The molecule has 0 aliphatic heterocycles. The lowest BCUT2D eigenvalue weighted by Crippen LogP contribution is -2.43. The van der Waals surface area contributed by atoms with Crippen molar-refractivity contribution in [2.45, 2.75) is 56.6 Å². The van der Waals surface area contributed by atoms with Crippen molar-refractivity contribution in [3.8, 4) is 0 Å². The number of benzene rings is 1. The minimum atomic E-state index is -0.641. The third-order valence-corrected chi connectivity index (χ3v) is 4.59. The number of hydrogen-bond acceptors (Lipinski definition) is 2. The first-order valence-corrected chi connectivity index (χ1v) is 7.32. The highest BCUT2D eigenvalue weighted by Crippen LogP contribution is 2.35. The van der Waals surface area contributed by atoms with Crippen molar-refractivity contribution in [2.24, 2.45) is 0 Å². The summed E-state index contributed by atoms with van der Waals surface area (Å²) >= 11 is 0. The van der Waals surface area contributed by atoms with E-state index in [-0.39, 0.29) is 0 Å². The number of nitrogens with one attached hydrogen (secondary N) is 1. The van der Waals surface area contributed by atoms with Crippen LogP contribution in [0.15, 0.2) is 24.3 Å². The molecule has 1 saturated carbocycles. The molecule has 0 radical (unpaired) electrons. The van der Waals surface area contributed by atoms with Crippen molar-refractivity contribution in [1.82, 2.24) is 5.32 Å². The van der Waals surface area contributed by atoms with Crippen LogP contribution in [-0.4, -0.2) is 17.7 Å². The minimum Gasteiger partial charge on any atom is -0.384 e. The summed E-state index contributed by atoms with van der Waals surface area (Å²) in [5, 5.41) is 14.5. The highest BCUT2D eigenvalue weighted by Gasteiger charge is 2.34. The standard InChI is InChI=1S/C16H23NO/c18-16(12-17-14-8-2-3-9-14)11-5-7-13-6-1-4-10-15(13)16/h1,4,6,10,14,17-18H,2-3,5,7-9,11-12H2. The summed E-state index contributed by atoms with van der Waals surface area (Å²) in [6.45, 7) is 0.717. The van der Waals surface area contributed by atoms with E-state index in [4.69, 9.17) is 0 Å². The predicted molar refractivity (Wildman–Crippen MR) is 73.5 cm³/mol. The lowest BCUT2D eigenvalue weighted by atomic mass is 9.79. The molecule has 2 aliphatic rings. The summed E-state index contributed by atoms with van der Waals surface area (Å²) in [7, 11) is 0. The summed E-state index contributed by atoms with van der Waals surface area (Å²) < 4.78 is 0. The fourth-order valence-electron chi connectivity index (χ4n) is 3.52. The highest BCUT2D eigenvalue weighted by atomic mass is 16.3. The maximum absolute atomic E-state index is 10.9. The second-order valence-electron chi connectivity index (χ2n) is 5.90. The van der Waals surface area contributed by atoms with Crippen LogP contribution in [0.25, 0.3) is 0 Å². The third kappa shape index (κ3) is 2.32. The van der Waals surface area contributed by atoms with Crippen molar-refractivity contribution in [1.29, 1.82) is 0 Å². The van der Waals surface area contributed by atoms with Gasteiger partial charge in [-0.15, -0.1) is 0 Å². The summed E-state index contributed by atoms with van der Waals surface area (Å²) in [5.74, 6) is 0. The number of aliphatic hydroxyl groups is 1. The maximum atomic E-state index is 10.9. The summed E-state index contributed by atoms with van der Waals surface area (Å²) in [4.78, 5) is 0. The number of fused-ring (bicyclic) bond motifs is 1. The largest absolute Gasteiger partial charge is 0.384 e. The van der Waals surface area contributed by atoms with Gasteiger partial charge in [0.2, 0.25) is 0 Å². The molecule has 1 aromatic rings. The zero-order valence-corrected chi connectivity index (χ0v) is 11.0. The average Bonchev–Trinajstić information content (AvgIpc) is 2.90. The Kier molecular flexibility index (Phi) is 3.40. The van der Waals surface area contributed by atoms with E-state index in [1.807, 2.05) is 6.07 Å². The molecule has 0 bridgehead atoms. The zero-order chi connectivity index (χ0) is 12.4. The van der Waals surface area contributed by atoms with E-state index in [2.05, 4.69) is 23.5 Å². The molecule has 0 amide bonds. The molecule has 0 heterocycles. The zero-order valence-electron chi connectivity index (χ0n) is 11.0. The average molecular weight is 245 g/mol. The Morgan fingerprint density at radius 1 is 1.17 bits per heavy atom. The first-order chi connectivity index (χ1) is 8.78. The van der Waals surface area contributed by atoms with Crippen molar-refractivity contribution >= 4 is 0 Å². The molecule has 2 heteroatoms. The Labute approximate surface area is 109 Å². The molecular weight excluding hydrogens is 222 g/mol. The van der Waals surface area contributed by atoms with Crippen LogP contribution >= 0.6 is 0 Å². The molecule has 1 atom stereocenters. The Morgan fingerprint density at radius 3 is 2.78 bits per heavy atom. The molecule has 1 aromatic carbocycles. The van der Waals surface area contributed by atoms with Crippen molar-refractivity contribution in [3.05, 3.63) is 35.4 Å². The van der Waals surface area contributed by atoms with Gasteiger partial charge in [0.1, 0.15) is 5.60 Å². The molecule has 18 heavy (non-hydrogen) atoms. The number of hydrogen-bond donors (Lipinski definition) is 2. The van der Waals surface area contributed by atoms with Crippen LogP contribution in [0.5, 0.6) is 0 Å². The van der Waals surface area contributed by atoms with Crippen molar-refractivity contribution < 1.29 is 5.11 Å². The van der Waals surface area contributed by atoms with Crippen LogP contribution in [-0.2, 0) is 12.0 Å². The van der Waals surface area contributed by atoms with Gasteiger partial charge in [0.15, 0.2) is 0 Å². The smallest absolute Gasteiger partial charge is 0.102 e. The van der Waals surface area contributed by atoms with Gasteiger partial charge >= 0.3 is 0 Å². The lowest BCUT2D eigenvalue weighted by molar-refractivity contribution is 0.0168. The first-order valence-electron chi connectivity index (χ1n) is 7.32. The fraction of sp³-hybridized carbons (Fsp3) is 0.625. The molecule has 0 spiro atoms.